The van der Waals surface area contributed by atoms with Gasteiger partial charge >= 0.3 is 0 Å². The number of aliphatic imine (C=N–C) groups is 1. The van der Waals surface area contributed by atoms with E-state index in [2.05, 4.69) is 10.3 Å². The second kappa shape index (κ2) is 9.17. The topological polar surface area (TPSA) is 59.9 Å². The number of carbonyl (C=O) groups is 1. The van der Waals surface area contributed by atoms with Gasteiger partial charge in [0.25, 0.3) is 5.91 Å². The molecule has 7 heteroatoms. The van der Waals surface area contributed by atoms with Crippen molar-refractivity contribution in [2.45, 2.75) is 20.8 Å². The van der Waals surface area contributed by atoms with Gasteiger partial charge in [0.05, 0.1) is 28.8 Å². The number of carbonyl (C=O) groups excluding carboxylic acids is 1. The van der Waals surface area contributed by atoms with Gasteiger partial charge in [-0.3, -0.25) is 4.79 Å². The van der Waals surface area contributed by atoms with Crippen LogP contribution >= 0.6 is 23.4 Å². The predicted octanol–water partition coefficient (Wildman–Crippen LogP) is 5.34. The molecule has 0 bridgehead atoms. The molecule has 1 amide bonds. The Balaban J connectivity index is 1.86. The Bertz CT molecular complexity index is 939. The van der Waals surface area contributed by atoms with E-state index in [9.17, 15) is 4.79 Å². The zero-order chi connectivity index (χ0) is 20.1. The van der Waals surface area contributed by atoms with Crippen LogP contribution in [0.2, 0.25) is 5.02 Å². The average molecular weight is 417 g/mol. The van der Waals surface area contributed by atoms with Gasteiger partial charge in [-0.05, 0) is 68.4 Å². The first kappa shape index (κ1) is 20.3. The third-order valence-corrected chi connectivity index (χ3v) is 5.02. The molecule has 0 spiro atoms. The third kappa shape index (κ3) is 4.88. The van der Waals surface area contributed by atoms with Crippen molar-refractivity contribution in [2.75, 3.05) is 13.2 Å². The number of nitrogens with one attached hydrogen (secondary N) is 1. The van der Waals surface area contributed by atoms with Crippen LogP contribution in [-0.2, 0) is 4.79 Å². The molecule has 3 rings (SSSR count). The Hall–Kier alpha value is -2.44. The van der Waals surface area contributed by atoms with Crippen LogP contribution in [-0.4, -0.2) is 24.3 Å². The van der Waals surface area contributed by atoms with Crippen LogP contribution in [0.25, 0.3) is 6.08 Å². The molecule has 0 aromatic heterocycles. The Morgan fingerprint density at radius 2 is 1.86 bits per heavy atom. The number of nitrogens with zero attached hydrogens (tertiary/aromatic N) is 1. The lowest BCUT2D eigenvalue weighted by Gasteiger charge is -2.13. The van der Waals surface area contributed by atoms with E-state index < -0.39 is 0 Å². The minimum atomic E-state index is -0.196. The molecule has 1 fully saturated rings. The summed E-state index contributed by atoms with van der Waals surface area (Å²) in [6.45, 7) is 6.76. The van der Waals surface area contributed by atoms with Gasteiger partial charge in [-0.25, -0.2) is 4.99 Å². The Labute approximate surface area is 173 Å². The van der Waals surface area contributed by atoms with E-state index in [1.165, 1.54) is 11.8 Å². The standard InChI is InChI=1S/C21H21ClN2O3S/c1-4-26-17-11-14(10-16(22)19(17)27-5-2)12-18-20(25)24-21(28-18)23-15-8-6-13(3)7-9-15/h6-12H,4-5H2,1-3H3,(H,23,24,25)/b18-12+. The molecule has 0 unspecified atom stereocenters. The smallest absolute Gasteiger partial charge is 0.264 e. The number of ether oxygens (including phenoxy) is 2. The average Bonchev–Trinajstić information content (AvgIpc) is 2.99. The Kier molecular flexibility index (Phi) is 6.65. The van der Waals surface area contributed by atoms with Crippen LogP contribution in [0, 0.1) is 6.92 Å². The molecule has 1 N–H and O–H groups in total. The lowest BCUT2D eigenvalue weighted by atomic mass is 10.2. The monoisotopic (exact) mass is 416 g/mol. The van der Waals surface area contributed by atoms with Gasteiger partial charge in [0.15, 0.2) is 16.7 Å². The highest BCUT2D eigenvalue weighted by atomic mass is 35.5. The number of rotatable bonds is 6. The highest BCUT2D eigenvalue weighted by Gasteiger charge is 2.24. The number of aryl methyl sites for hydroxylation is 1. The van der Waals surface area contributed by atoms with Gasteiger partial charge in [0.1, 0.15) is 0 Å². The SMILES string of the molecule is CCOc1cc(/C=C2/SC(=Nc3ccc(C)cc3)NC2=O)cc(Cl)c1OCC. The molecular weight excluding hydrogens is 396 g/mol. The van der Waals surface area contributed by atoms with E-state index in [-0.39, 0.29) is 5.91 Å². The number of thioether (sulfide) groups is 1. The summed E-state index contributed by atoms with van der Waals surface area (Å²) in [7, 11) is 0. The number of hydrogen-bond donors (Lipinski definition) is 1. The number of amides is 1. The predicted molar refractivity (Wildman–Crippen MR) is 116 cm³/mol. The number of halogens is 1. The number of benzene rings is 2. The van der Waals surface area contributed by atoms with E-state index in [0.717, 1.165) is 16.8 Å². The fourth-order valence-corrected chi connectivity index (χ4v) is 3.70. The molecule has 2 aromatic rings. The summed E-state index contributed by atoms with van der Waals surface area (Å²) in [4.78, 5) is 17.3. The lowest BCUT2D eigenvalue weighted by Crippen LogP contribution is -2.19. The molecule has 5 nitrogen and oxygen atoms in total. The molecule has 0 aliphatic carbocycles. The van der Waals surface area contributed by atoms with Crippen LogP contribution in [0.3, 0.4) is 0 Å². The Morgan fingerprint density at radius 3 is 2.54 bits per heavy atom. The number of amidine groups is 1. The van der Waals surface area contributed by atoms with Gasteiger partial charge in [0, 0.05) is 0 Å². The first-order chi connectivity index (χ1) is 13.5. The second-order valence-electron chi connectivity index (χ2n) is 6.01. The fourth-order valence-electron chi connectivity index (χ4n) is 2.59. The molecule has 2 aromatic carbocycles. The fraction of sp³-hybridized carbons (Fsp3) is 0.238. The summed E-state index contributed by atoms with van der Waals surface area (Å²) in [5.41, 5.74) is 2.70. The van der Waals surface area contributed by atoms with Gasteiger partial charge in [-0.2, -0.15) is 0 Å². The van der Waals surface area contributed by atoms with Gasteiger partial charge < -0.3 is 14.8 Å². The van der Waals surface area contributed by atoms with E-state index in [1.807, 2.05) is 51.1 Å². The van der Waals surface area contributed by atoms with Crippen LogP contribution in [0.1, 0.15) is 25.0 Å². The summed E-state index contributed by atoms with van der Waals surface area (Å²) >= 11 is 7.64. The maximum atomic E-state index is 12.3. The lowest BCUT2D eigenvalue weighted by molar-refractivity contribution is -0.115. The highest BCUT2D eigenvalue weighted by Crippen LogP contribution is 2.38. The van der Waals surface area contributed by atoms with E-state index >= 15 is 0 Å². The quantitative estimate of drug-likeness (QED) is 0.646. The Morgan fingerprint density at radius 1 is 1.14 bits per heavy atom. The zero-order valence-electron chi connectivity index (χ0n) is 15.9. The van der Waals surface area contributed by atoms with Crippen molar-refractivity contribution in [3.63, 3.8) is 0 Å². The van der Waals surface area contributed by atoms with Crippen molar-refractivity contribution >= 4 is 46.2 Å². The van der Waals surface area contributed by atoms with Crippen molar-refractivity contribution < 1.29 is 14.3 Å². The molecule has 0 radical (unpaired) electrons. The minimum absolute atomic E-state index is 0.196. The van der Waals surface area contributed by atoms with Crippen LogP contribution in [0.15, 0.2) is 46.3 Å². The van der Waals surface area contributed by atoms with Crippen LogP contribution in [0.4, 0.5) is 5.69 Å². The number of hydrogen-bond acceptors (Lipinski definition) is 5. The molecule has 28 heavy (non-hydrogen) atoms. The van der Waals surface area contributed by atoms with Crippen molar-refractivity contribution in [1.82, 2.24) is 5.32 Å². The van der Waals surface area contributed by atoms with Crippen LogP contribution < -0.4 is 14.8 Å². The first-order valence-corrected chi connectivity index (χ1v) is 10.1. The molecule has 0 atom stereocenters. The second-order valence-corrected chi connectivity index (χ2v) is 7.45. The van der Waals surface area contributed by atoms with E-state index in [1.54, 1.807) is 12.1 Å². The molecule has 1 saturated heterocycles. The van der Waals surface area contributed by atoms with E-state index in [4.69, 9.17) is 21.1 Å². The largest absolute Gasteiger partial charge is 0.490 e. The molecule has 1 aliphatic heterocycles. The summed E-state index contributed by atoms with van der Waals surface area (Å²) in [6.07, 6.45) is 1.77. The molecular formula is C21H21ClN2O3S. The summed E-state index contributed by atoms with van der Waals surface area (Å²) < 4.78 is 11.2. The minimum Gasteiger partial charge on any atom is -0.490 e. The van der Waals surface area contributed by atoms with Crippen molar-refractivity contribution in [1.29, 1.82) is 0 Å². The summed E-state index contributed by atoms with van der Waals surface area (Å²) in [6, 6.07) is 11.4. The molecule has 0 saturated carbocycles. The van der Waals surface area contributed by atoms with Gasteiger partial charge in [-0.15, -0.1) is 0 Å². The molecule has 1 aliphatic rings. The maximum Gasteiger partial charge on any atom is 0.264 e. The molecule has 1 heterocycles. The summed E-state index contributed by atoms with van der Waals surface area (Å²) in [5.74, 6) is 0.873. The maximum absolute atomic E-state index is 12.3. The molecule has 146 valence electrons. The third-order valence-electron chi connectivity index (χ3n) is 3.83. The zero-order valence-corrected chi connectivity index (χ0v) is 17.5. The van der Waals surface area contributed by atoms with Crippen molar-refractivity contribution in [3.8, 4) is 11.5 Å². The first-order valence-electron chi connectivity index (χ1n) is 8.95. The summed E-state index contributed by atoms with van der Waals surface area (Å²) in [5, 5.41) is 3.78. The van der Waals surface area contributed by atoms with Crippen molar-refractivity contribution in [2.24, 2.45) is 4.99 Å². The van der Waals surface area contributed by atoms with Crippen molar-refractivity contribution in [3.05, 3.63) is 57.5 Å². The van der Waals surface area contributed by atoms with E-state index in [0.29, 0.717) is 39.8 Å². The van der Waals surface area contributed by atoms with Gasteiger partial charge in [-0.1, -0.05) is 29.3 Å². The normalized spacial score (nSPS) is 16.5. The van der Waals surface area contributed by atoms with Gasteiger partial charge in [0.2, 0.25) is 0 Å². The van der Waals surface area contributed by atoms with Crippen LogP contribution in [0.5, 0.6) is 11.5 Å². The highest BCUT2D eigenvalue weighted by molar-refractivity contribution is 8.18.